The molecule has 1 aromatic rings. The predicted molar refractivity (Wildman–Crippen MR) is 104 cm³/mol. The van der Waals surface area contributed by atoms with Crippen molar-refractivity contribution in [1.82, 2.24) is 5.32 Å². The Kier molecular flexibility index (Phi) is 6.94. The minimum atomic E-state index is -0.630. The highest BCUT2D eigenvalue weighted by molar-refractivity contribution is 8.18. The molecule has 1 aliphatic heterocycles. The minimum Gasteiger partial charge on any atom is -0.466 e. The van der Waals surface area contributed by atoms with E-state index >= 15 is 0 Å². The van der Waals surface area contributed by atoms with Crippen LogP contribution in [0.5, 0.6) is 0 Å². The van der Waals surface area contributed by atoms with Crippen molar-refractivity contribution in [3.05, 3.63) is 46.1 Å². The molecule has 0 aromatic heterocycles. The van der Waals surface area contributed by atoms with Crippen LogP contribution in [0.4, 0.5) is 4.39 Å². The molecule has 0 radical (unpaired) electrons. The van der Waals surface area contributed by atoms with E-state index in [1.807, 2.05) is 0 Å². The van der Waals surface area contributed by atoms with Crippen LogP contribution in [0.2, 0.25) is 0 Å². The molecule has 1 saturated carbocycles. The van der Waals surface area contributed by atoms with E-state index in [2.05, 4.69) is 20.3 Å². The number of ether oxygens (including phenoxy) is 2. The summed E-state index contributed by atoms with van der Waals surface area (Å²) in [6.07, 6.45) is 7.11. The smallest absolute Gasteiger partial charge is 0.331 e. The van der Waals surface area contributed by atoms with Gasteiger partial charge in [0.25, 0.3) is 5.91 Å². The van der Waals surface area contributed by atoms with Gasteiger partial charge in [-0.2, -0.15) is 5.10 Å². The number of carbonyl (C=O) groups excluding carboxylic acids is 2. The van der Waals surface area contributed by atoms with E-state index in [0.717, 1.165) is 30.7 Å². The standard InChI is InChI=1S/C19H20FN3O4S/c1-26-17(24)9-16-18(25)22-19(28-16)23-21-10-12-6-7-13(15(20)8-12)11-27-14-4-2-3-5-14/h6-10,14H,2-5,11H2,1H3,(H,22,23,25)/b16-9+,21-10?. The van der Waals surface area contributed by atoms with Crippen LogP contribution in [-0.4, -0.2) is 36.5 Å². The first-order valence-electron chi connectivity index (χ1n) is 8.85. The van der Waals surface area contributed by atoms with E-state index in [4.69, 9.17) is 4.74 Å². The summed E-state index contributed by atoms with van der Waals surface area (Å²) in [6, 6.07) is 4.76. The zero-order valence-corrected chi connectivity index (χ0v) is 16.1. The normalized spacial score (nSPS) is 20.4. The van der Waals surface area contributed by atoms with Crippen molar-refractivity contribution in [3.63, 3.8) is 0 Å². The second kappa shape index (κ2) is 9.61. The molecule has 1 heterocycles. The highest BCUT2D eigenvalue weighted by Crippen LogP contribution is 2.24. The zero-order chi connectivity index (χ0) is 19.9. The fraction of sp³-hybridized carbons (Fsp3) is 0.368. The largest absolute Gasteiger partial charge is 0.466 e. The number of hydrogen-bond donors (Lipinski definition) is 1. The molecule has 1 saturated heterocycles. The maximum atomic E-state index is 14.2. The van der Waals surface area contributed by atoms with Crippen LogP contribution < -0.4 is 5.32 Å². The molecule has 0 spiro atoms. The predicted octanol–water partition coefficient (Wildman–Crippen LogP) is 2.89. The lowest BCUT2D eigenvalue weighted by Crippen LogP contribution is -2.19. The first-order valence-corrected chi connectivity index (χ1v) is 9.66. The quantitative estimate of drug-likeness (QED) is 0.340. The van der Waals surface area contributed by atoms with Gasteiger partial charge in [0.1, 0.15) is 5.82 Å². The topological polar surface area (TPSA) is 89.3 Å². The number of esters is 1. The lowest BCUT2D eigenvalue weighted by atomic mass is 10.1. The molecule has 3 rings (SSSR count). The monoisotopic (exact) mass is 405 g/mol. The van der Waals surface area contributed by atoms with E-state index in [1.165, 1.54) is 32.2 Å². The van der Waals surface area contributed by atoms with Crippen LogP contribution in [-0.2, 0) is 25.7 Å². The van der Waals surface area contributed by atoms with E-state index < -0.39 is 11.9 Å². The third kappa shape index (κ3) is 5.49. The molecule has 2 fully saturated rings. The Labute approximate surface area is 166 Å². The molecule has 9 heteroatoms. The first kappa shape index (κ1) is 20.2. The van der Waals surface area contributed by atoms with E-state index in [0.29, 0.717) is 11.1 Å². The van der Waals surface area contributed by atoms with Crippen LogP contribution in [0.25, 0.3) is 0 Å². The van der Waals surface area contributed by atoms with Gasteiger partial charge in [-0.15, -0.1) is 5.10 Å². The number of thioether (sulfide) groups is 1. The summed E-state index contributed by atoms with van der Waals surface area (Å²) in [4.78, 5) is 23.1. The molecule has 148 valence electrons. The molecule has 1 aliphatic carbocycles. The Morgan fingerprint density at radius 2 is 2.18 bits per heavy atom. The van der Waals surface area contributed by atoms with Crippen LogP contribution >= 0.6 is 11.8 Å². The maximum Gasteiger partial charge on any atom is 0.331 e. The lowest BCUT2D eigenvalue weighted by Gasteiger charge is -2.11. The average Bonchev–Trinajstić information content (AvgIpc) is 3.31. The fourth-order valence-corrected chi connectivity index (χ4v) is 3.55. The number of nitrogens with one attached hydrogen (secondary N) is 1. The molecule has 1 aromatic carbocycles. The Hall–Kier alpha value is -2.52. The molecule has 1 amide bonds. The number of methoxy groups -OCH3 is 1. The van der Waals surface area contributed by atoms with E-state index in [1.54, 1.807) is 12.1 Å². The molecule has 1 N–H and O–H groups in total. The molecule has 2 aliphatic rings. The van der Waals surface area contributed by atoms with Crippen molar-refractivity contribution in [2.24, 2.45) is 10.2 Å². The number of halogens is 1. The number of rotatable bonds is 6. The van der Waals surface area contributed by atoms with Crippen LogP contribution in [0, 0.1) is 5.82 Å². The summed E-state index contributed by atoms with van der Waals surface area (Å²) >= 11 is 0.967. The van der Waals surface area contributed by atoms with Gasteiger partial charge >= 0.3 is 5.97 Å². The Balaban J connectivity index is 1.57. The summed E-state index contributed by atoms with van der Waals surface area (Å²) in [5, 5.41) is 10.4. The van der Waals surface area contributed by atoms with Gasteiger partial charge < -0.3 is 9.47 Å². The molecular formula is C19H20FN3O4S. The molecule has 7 nitrogen and oxygen atoms in total. The Morgan fingerprint density at radius 3 is 2.89 bits per heavy atom. The van der Waals surface area contributed by atoms with E-state index in [9.17, 15) is 14.0 Å². The Bertz CT molecular complexity index is 848. The zero-order valence-electron chi connectivity index (χ0n) is 15.3. The number of benzene rings is 1. The number of hydrogen-bond acceptors (Lipinski definition) is 7. The molecule has 0 bridgehead atoms. The second-order valence-electron chi connectivity index (χ2n) is 6.31. The number of amidine groups is 1. The van der Waals surface area contributed by atoms with Crippen molar-refractivity contribution in [1.29, 1.82) is 0 Å². The van der Waals surface area contributed by atoms with Crippen molar-refractivity contribution < 1.29 is 23.5 Å². The summed E-state index contributed by atoms with van der Waals surface area (Å²) in [6.45, 7) is 0.258. The van der Waals surface area contributed by atoms with Gasteiger partial charge in [0.2, 0.25) is 0 Å². The van der Waals surface area contributed by atoms with Crippen molar-refractivity contribution in [3.8, 4) is 0 Å². The number of amides is 1. The fourth-order valence-electron chi connectivity index (χ4n) is 2.81. The van der Waals surface area contributed by atoms with E-state index in [-0.39, 0.29) is 28.6 Å². The third-order valence-corrected chi connectivity index (χ3v) is 5.21. The van der Waals surface area contributed by atoms with Gasteiger partial charge in [-0.1, -0.05) is 25.0 Å². The highest BCUT2D eigenvalue weighted by atomic mass is 32.2. The first-order chi connectivity index (χ1) is 13.5. The summed E-state index contributed by atoms with van der Waals surface area (Å²) in [7, 11) is 1.22. The van der Waals surface area contributed by atoms with Gasteiger partial charge in [-0.3, -0.25) is 10.1 Å². The summed E-state index contributed by atoms with van der Waals surface area (Å²) < 4.78 is 24.4. The van der Waals surface area contributed by atoms with Crippen molar-refractivity contribution >= 4 is 35.0 Å². The van der Waals surface area contributed by atoms with Crippen molar-refractivity contribution in [2.45, 2.75) is 38.4 Å². The van der Waals surface area contributed by atoms with Gasteiger partial charge in [-0.25, -0.2) is 9.18 Å². The van der Waals surface area contributed by atoms with Gasteiger partial charge in [0, 0.05) is 11.6 Å². The average molecular weight is 405 g/mol. The van der Waals surface area contributed by atoms with Crippen LogP contribution in [0.1, 0.15) is 36.8 Å². The molecule has 0 atom stereocenters. The second-order valence-corrected chi connectivity index (χ2v) is 7.34. The number of carbonyl (C=O) groups is 2. The van der Waals surface area contributed by atoms with Gasteiger partial charge in [0.05, 0.1) is 30.9 Å². The minimum absolute atomic E-state index is 0.165. The molecular weight excluding hydrogens is 385 g/mol. The summed E-state index contributed by atoms with van der Waals surface area (Å²) in [5.74, 6) is -1.45. The maximum absolute atomic E-state index is 14.2. The number of nitrogens with zero attached hydrogens (tertiary/aromatic N) is 2. The van der Waals surface area contributed by atoms with Crippen LogP contribution in [0.3, 0.4) is 0 Å². The third-order valence-electron chi connectivity index (χ3n) is 4.31. The van der Waals surface area contributed by atoms with Gasteiger partial charge in [-0.05, 0) is 36.2 Å². The molecule has 28 heavy (non-hydrogen) atoms. The Morgan fingerprint density at radius 1 is 1.39 bits per heavy atom. The van der Waals surface area contributed by atoms with Crippen LogP contribution in [0.15, 0.2) is 39.4 Å². The SMILES string of the molecule is COC(=O)/C=C1/S/C(=N\N=Cc2ccc(COC3CCCC3)c(F)c2)NC1=O. The molecule has 0 unspecified atom stereocenters. The summed E-state index contributed by atoms with van der Waals surface area (Å²) in [5.41, 5.74) is 1.04. The van der Waals surface area contributed by atoms with Gasteiger partial charge in [0.15, 0.2) is 5.17 Å². The lowest BCUT2D eigenvalue weighted by molar-refractivity contribution is -0.135. The van der Waals surface area contributed by atoms with Crippen molar-refractivity contribution in [2.75, 3.05) is 7.11 Å². The highest BCUT2D eigenvalue weighted by Gasteiger charge is 2.25.